The molecule has 0 bridgehead atoms. The van der Waals surface area contributed by atoms with Crippen LogP contribution in [0.4, 0.5) is 0 Å². The number of likely N-dealkylation sites (tertiary alicyclic amines) is 1. The molecule has 0 spiro atoms. The Morgan fingerprint density at radius 2 is 1.58 bits per heavy atom. The average Bonchev–Trinajstić information content (AvgIpc) is 2.69. The molecule has 1 atom stereocenters. The molecule has 1 aliphatic rings. The van der Waals surface area contributed by atoms with E-state index in [4.69, 9.17) is 5.73 Å². The maximum atomic E-state index is 12.6. The number of rotatable bonds is 5. The van der Waals surface area contributed by atoms with Gasteiger partial charge in [-0.3, -0.25) is 9.59 Å². The molecule has 3 N–H and O–H groups in total. The molecule has 0 aromatic heterocycles. The van der Waals surface area contributed by atoms with Crippen molar-refractivity contribution in [3.05, 3.63) is 71.8 Å². The highest BCUT2D eigenvalue weighted by Crippen LogP contribution is 2.13. The van der Waals surface area contributed by atoms with E-state index in [0.717, 1.165) is 18.4 Å². The lowest BCUT2D eigenvalue weighted by Crippen LogP contribution is -2.51. The zero-order valence-electron chi connectivity index (χ0n) is 14.8. The molecule has 0 aliphatic carbocycles. The van der Waals surface area contributed by atoms with Crippen LogP contribution >= 0.6 is 0 Å². The zero-order chi connectivity index (χ0) is 18.4. The molecular formula is C21H25N3O2. The highest BCUT2D eigenvalue weighted by molar-refractivity contribution is 5.94. The number of nitrogens with two attached hydrogens (primary N) is 1. The summed E-state index contributed by atoms with van der Waals surface area (Å²) in [4.78, 5) is 26.6. The summed E-state index contributed by atoms with van der Waals surface area (Å²) in [6, 6.07) is 18.6. The van der Waals surface area contributed by atoms with E-state index in [1.54, 1.807) is 12.1 Å². The van der Waals surface area contributed by atoms with Crippen LogP contribution in [0.2, 0.25) is 0 Å². The Hall–Kier alpha value is -2.66. The molecule has 1 heterocycles. The summed E-state index contributed by atoms with van der Waals surface area (Å²) in [7, 11) is 0. The molecule has 5 heteroatoms. The summed E-state index contributed by atoms with van der Waals surface area (Å²) in [6.07, 6.45) is 2.05. The van der Waals surface area contributed by atoms with Gasteiger partial charge in [0.15, 0.2) is 0 Å². The average molecular weight is 351 g/mol. The van der Waals surface area contributed by atoms with Gasteiger partial charge in [0, 0.05) is 24.7 Å². The molecular weight excluding hydrogens is 326 g/mol. The van der Waals surface area contributed by atoms with E-state index in [1.807, 2.05) is 53.4 Å². The lowest BCUT2D eigenvalue weighted by Gasteiger charge is -2.34. The fraction of sp³-hybridized carbons (Fsp3) is 0.333. The number of hydrogen-bond donors (Lipinski definition) is 2. The number of carbonyl (C=O) groups is 2. The molecule has 2 aromatic rings. The van der Waals surface area contributed by atoms with Crippen LogP contribution in [-0.2, 0) is 11.2 Å². The number of carbonyl (C=O) groups excluding carboxylic acids is 2. The number of hydrogen-bond acceptors (Lipinski definition) is 3. The van der Waals surface area contributed by atoms with Gasteiger partial charge in [0.1, 0.15) is 0 Å². The van der Waals surface area contributed by atoms with Gasteiger partial charge in [-0.05, 0) is 37.0 Å². The van der Waals surface area contributed by atoms with Crippen molar-refractivity contribution in [2.24, 2.45) is 5.73 Å². The van der Waals surface area contributed by atoms with Crippen LogP contribution in [0, 0.1) is 0 Å². The molecule has 2 amide bonds. The summed E-state index contributed by atoms with van der Waals surface area (Å²) in [6.45, 7) is 1.25. The van der Waals surface area contributed by atoms with Crippen LogP contribution in [0.15, 0.2) is 60.7 Å². The largest absolute Gasteiger partial charge is 0.349 e. The lowest BCUT2D eigenvalue weighted by molar-refractivity contribution is -0.133. The van der Waals surface area contributed by atoms with Crippen molar-refractivity contribution in [1.82, 2.24) is 10.2 Å². The molecule has 1 unspecified atom stereocenters. The third kappa shape index (κ3) is 4.70. The van der Waals surface area contributed by atoms with Gasteiger partial charge >= 0.3 is 0 Å². The van der Waals surface area contributed by atoms with Crippen LogP contribution in [-0.4, -0.2) is 41.9 Å². The van der Waals surface area contributed by atoms with Crippen LogP contribution in [0.25, 0.3) is 0 Å². The number of amides is 2. The van der Waals surface area contributed by atoms with Gasteiger partial charge in [-0.25, -0.2) is 0 Å². The molecule has 26 heavy (non-hydrogen) atoms. The van der Waals surface area contributed by atoms with Crippen molar-refractivity contribution in [2.75, 3.05) is 13.1 Å². The summed E-state index contributed by atoms with van der Waals surface area (Å²) in [5.74, 6) is -0.0714. The third-order valence-corrected chi connectivity index (χ3v) is 4.79. The quantitative estimate of drug-likeness (QED) is 0.865. The molecule has 136 valence electrons. The van der Waals surface area contributed by atoms with Gasteiger partial charge in [0.05, 0.1) is 6.04 Å². The number of piperidine rings is 1. The summed E-state index contributed by atoms with van der Waals surface area (Å²) >= 11 is 0. The molecule has 5 nitrogen and oxygen atoms in total. The molecule has 2 aromatic carbocycles. The minimum Gasteiger partial charge on any atom is -0.349 e. The zero-order valence-corrected chi connectivity index (χ0v) is 14.8. The van der Waals surface area contributed by atoms with Crippen LogP contribution < -0.4 is 11.1 Å². The van der Waals surface area contributed by atoms with Gasteiger partial charge in [-0.15, -0.1) is 0 Å². The minimum absolute atomic E-state index is 0.0123. The second kappa shape index (κ2) is 8.63. The predicted octanol–water partition coefficient (Wildman–Crippen LogP) is 1.98. The van der Waals surface area contributed by atoms with Crippen molar-refractivity contribution in [2.45, 2.75) is 31.3 Å². The highest BCUT2D eigenvalue weighted by atomic mass is 16.2. The second-order valence-electron chi connectivity index (χ2n) is 6.74. The predicted molar refractivity (Wildman–Crippen MR) is 102 cm³/mol. The normalized spacial score (nSPS) is 16.1. The lowest BCUT2D eigenvalue weighted by atomic mass is 10.0. The number of nitrogens with one attached hydrogen (secondary N) is 1. The number of nitrogens with zero attached hydrogens (tertiary/aromatic N) is 1. The van der Waals surface area contributed by atoms with E-state index in [0.29, 0.717) is 25.1 Å². The van der Waals surface area contributed by atoms with Crippen LogP contribution in [0.5, 0.6) is 0 Å². The molecule has 0 radical (unpaired) electrons. The monoisotopic (exact) mass is 351 g/mol. The first-order chi connectivity index (χ1) is 12.6. The van der Waals surface area contributed by atoms with Gasteiger partial charge < -0.3 is 16.0 Å². The van der Waals surface area contributed by atoms with Crippen LogP contribution in [0.1, 0.15) is 28.8 Å². The summed E-state index contributed by atoms with van der Waals surface area (Å²) < 4.78 is 0. The fourth-order valence-corrected chi connectivity index (χ4v) is 3.29. The van der Waals surface area contributed by atoms with Crippen molar-refractivity contribution in [3.8, 4) is 0 Å². The fourth-order valence-electron chi connectivity index (χ4n) is 3.29. The van der Waals surface area contributed by atoms with Crippen LogP contribution in [0.3, 0.4) is 0 Å². The smallest absolute Gasteiger partial charge is 0.251 e. The SMILES string of the molecule is NC(Cc1ccccc1)C(=O)N1CCC(NC(=O)c2ccccc2)CC1. The van der Waals surface area contributed by atoms with E-state index in [-0.39, 0.29) is 17.9 Å². The first-order valence-electron chi connectivity index (χ1n) is 9.07. The van der Waals surface area contributed by atoms with Gasteiger partial charge in [0.2, 0.25) is 5.91 Å². The first kappa shape index (κ1) is 18.1. The highest BCUT2D eigenvalue weighted by Gasteiger charge is 2.27. The topological polar surface area (TPSA) is 75.4 Å². The molecule has 1 saturated heterocycles. The van der Waals surface area contributed by atoms with Crippen molar-refractivity contribution >= 4 is 11.8 Å². The summed E-state index contributed by atoms with van der Waals surface area (Å²) in [5.41, 5.74) is 7.84. The van der Waals surface area contributed by atoms with E-state index in [9.17, 15) is 9.59 Å². The van der Waals surface area contributed by atoms with Crippen molar-refractivity contribution in [3.63, 3.8) is 0 Å². The van der Waals surface area contributed by atoms with Gasteiger partial charge in [-0.1, -0.05) is 48.5 Å². The summed E-state index contributed by atoms with van der Waals surface area (Å²) in [5, 5.41) is 3.06. The van der Waals surface area contributed by atoms with Gasteiger partial charge in [0.25, 0.3) is 5.91 Å². The molecule has 1 fully saturated rings. The van der Waals surface area contributed by atoms with E-state index in [1.165, 1.54) is 0 Å². The van der Waals surface area contributed by atoms with Gasteiger partial charge in [-0.2, -0.15) is 0 Å². The Morgan fingerprint density at radius 3 is 2.19 bits per heavy atom. The van der Waals surface area contributed by atoms with E-state index >= 15 is 0 Å². The molecule has 1 aliphatic heterocycles. The Labute approximate surface area is 154 Å². The standard InChI is InChI=1S/C21H25N3O2/c22-19(15-16-7-3-1-4-8-16)21(26)24-13-11-18(12-14-24)23-20(25)17-9-5-2-6-10-17/h1-10,18-19H,11-15,22H2,(H,23,25). The second-order valence-corrected chi connectivity index (χ2v) is 6.74. The van der Waals surface area contributed by atoms with E-state index < -0.39 is 6.04 Å². The molecule has 0 saturated carbocycles. The Kier molecular flexibility index (Phi) is 6.02. The third-order valence-electron chi connectivity index (χ3n) is 4.79. The van der Waals surface area contributed by atoms with Crippen molar-refractivity contribution < 1.29 is 9.59 Å². The van der Waals surface area contributed by atoms with E-state index in [2.05, 4.69) is 5.32 Å². The number of benzene rings is 2. The maximum Gasteiger partial charge on any atom is 0.251 e. The van der Waals surface area contributed by atoms with Crippen molar-refractivity contribution in [1.29, 1.82) is 0 Å². The first-order valence-corrected chi connectivity index (χ1v) is 9.07. The maximum absolute atomic E-state index is 12.6. The molecule has 3 rings (SSSR count). The Balaban J connectivity index is 1.47. The minimum atomic E-state index is -0.521. The Bertz CT molecular complexity index is 725. The Morgan fingerprint density at radius 1 is 1.00 bits per heavy atom.